The van der Waals surface area contributed by atoms with Crippen molar-refractivity contribution in [3.05, 3.63) is 24.2 Å². The van der Waals surface area contributed by atoms with Crippen molar-refractivity contribution in [2.45, 2.75) is 25.0 Å². The summed E-state index contributed by atoms with van der Waals surface area (Å²) < 4.78 is 10.9. The second kappa shape index (κ2) is 6.18. The zero-order chi connectivity index (χ0) is 13.8. The number of likely N-dealkylation sites (N-methyl/N-ethyl adjacent to an activating group) is 1. The van der Waals surface area contributed by atoms with Crippen molar-refractivity contribution in [3.63, 3.8) is 0 Å². The molecule has 0 aliphatic carbocycles. The SMILES string of the molecule is CNC(=O)C1COCCN1C(c1ccco1)C(C)N. The predicted octanol–water partition coefficient (Wildman–Crippen LogP) is 0.115. The quantitative estimate of drug-likeness (QED) is 0.809. The van der Waals surface area contributed by atoms with Crippen molar-refractivity contribution >= 4 is 5.91 Å². The van der Waals surface area contributed by atoms with Crippen molar-refractivity contribution in [3.8, 4) is 0 Å². The summed E-state index contributed by atoms with van der Waals surface area (Å²) in [6.07, 6.45) is 1.63. The first-order chi connectivity index (χ1) is 9.15. The zero-order valence-corrected chi connectivity index (χ0v) is 11.3. The molecule has 1 aromatic heterocycles. The van der Waals surface area contributed by atoms with Crippen LogP contribution in [0.1, 0.15) is 18.7 Å². The van der Waals surface area contributed by atoms with Crippen LogP contribution in [0, 0.1) is 0 Å². The molecule has 1 fully saturated rings. The van der Waals surface area contributed by atoms with E-state index < -0.39 is 0 Å². The van der Waals surface area contributed by atoms with Crippen LogP contribution < -0.4 is 11.1 Å². The van der Waals surface area contributed by atoms with Crippen LogP contribution in [-0.2, 0) is 9.53 Å². The maximum Gasteiger partial charge on any atom is 0.239 e. The Morgan fingerprint density at radius 3 is 3.00 bits per heavy atom. The number of rotatable bonds is 4. The molecule has 3 N–H and O–H groups in total. The molecule has 0 radical (unpaired) electrons. The summed E-state index contributed by atoms with van der Waals surface area (Å²) in [6.45, 7) is 3.55. The van der Waals surface area contributed by atoms with Gasteiger partial charge >= 0.3 is 0 Å². The second-order valence-corrected chi connectivity index (χ2v) is 4.76. The van der Waals surface area contributed by atoms with Crippen LogP contribution in [0.25, 0.3) is 0 Å². The van der Waals surface area contributed by atoms with Crippen LogP contribution in [0.5, 0.6) is 0 Å². The fraction of sp³-hybridized carbons (Fsp3) is 0.615. The molecule has 1 aromatic rings. The molecule has 2 rings (SSSR count). The molecule has 6 heteroatoms. The molecule has 0 spiro atoms. The van der Waals surface area contributed by atoms with Gasteiger partial charge in [-0.15, -0.1) is 0 Å². The van der Waals surface area contributed by atoms with Crippen molar-refractivity contribution in [1.29, 1.82) is 0 Å². The first-order valence-electron chi connectivity index (χ1n) is 6.49. The molecule has 0 bridgehead atoms. The number of amides is 1. The van der Waals surface area contributed by atoms with Gasteiger partial charge < -0.3 is 20.2 Å². The first kappa shape index (κ1) is 14.0. The average Bonchev–Trinajstić information content (AvgIpc) is 2.92. The Hall–Kier alpha value is -1.37. The normalized spacial score (nSPS) is 23.8. The Kier molecular flexibility index (Phi) is 4.57. The van der Waals surface area contributed by atoms with Crippen LogP contribution in [0.15, 0.2) is 22.8 Å². The minimum atomic E-state index is -0.333. The molecule has 3 unspecified atom stereocenters. The van der Waals surface area contributed by atoms with E-state index in [2.05, 4.69) is 10.2 Å². The molecule has 0 aromatic carbocycles. The standard InChI is InChI=1S/C13H21N3O3/c1-9(14)12(11-4-3-6-19-11)16-5-7-18-8-10(16)13(17)15-2/h3-4,6,9-10,12H,5,7-8,14H2,1-2H3,(H,15,17). The van der Waals surface area contributed by atoms with Gasteiger partial charge in [0.1, 0.15) is 11.8 Å². The highest BCUT2D eigenvalue weighted by Gasteiger charge is 2.37. The lowest BCUT2D eigenvalue weighted by atomic mass is 10.0. The number of hydrogen-bond acceptors (Lipinski definition) is 5. The van der Waals surface area contributed by atoms with E-state index in [1.54, 1.807) is 13.3 Å². The van der Waals surface area contributed by atoms with Gasteiger partial charge in [0.25, 0.3) is 0 Å². The summed E-state index contributed by atoms with van der Waals surface area (Å²) >= 11 is 0. The van der Waals surface area contributed by atoms with Crippen LogP contribution in [0.4, 0.5) is 0 Å². The van der Waals surface area contributed by atoms with E-state index in [-0.39, 0.29) is 24.0 Å². The Morgan fingerprint density at radius 1 is 1.63 bits per heavy atom. The Morgan fingerprint density at radius 2 is 2.42 bits per heavy atom. The highest BCUT2D eigenvalue weighted by molar-refractivity contribution is 5.81. The molecule has 106 valence electrons. The lowest BCUT2D eigenvalue weighted by molar-refractivity contribution is -0.135. The largest absolute Gasteiger partial charge is 0.468 e. The van der Waals surface area contributed by atoms with Crippen LogP contribution in [0.3, 0.4) is 0 Å². The molecule has 2 heterocycles. The van der Waals surface area contributed by atoms with E-state index in [1.807, 2.05) is 19.1 Å². The van der Waals surface area contributed by atoms with Crippen LogP contribution >= 0.6 is 0 Å². The highest BCUT2D eigenvalue weighted by atomic mass is 16.5. The second-order valence-electron chi connectivity index (χ2n) is 4.76. The highest BCUT2D eigenvalue weighted by Crippen LogP contribution is 2.27. The number of nitrogens with zero attached hydrogens (tertiary/aromatic N) is 1. The average molecular weight is 267 g/mol. The van der Waals surface area contributed by atoms with Gasteiger partial charge in [-0.05, 0) is 19.1 Å². The number of carbonyl (C=O) groups is 1. The molecular formula is C13H21N3O3. The number of furan rings is 1. The Bertz CT molecular complexity index is 405. The minimum Gasteiger partial charge on any atom is -0.468 e. The summed E-state index contributed by atoms with van der Waals surface area (Å²) in [6, 6.07) is 3.13. The smallest absolute Gasteiger partial charge is 0.239 e. The summed E-state index contributed by atoms with van der Waals surface area (Å²) in [5.41, 5.74) is 6.09. The van der Waals surface area contributed by atoms with E-state index in [0.717, 1.165) is 5.76 Å². The van der Waals surface area contributed by atoms with Crippen molar-refractivity contribution in [2.24, 2.45) is 5.73 Å². The monoisotopic (exact) mass is 267 g/mol. The molecule has 1 aliphatic rings. The lowest BCUT2D eigenvalue weighted by Gasteiger charge is -2.40. The Labute approximate surface area is 112 Å². The van der Waals surface area contributed by atoms with E-state index >= 15 is 0 Å². The first-order valence-corrected chi connectivity index (χ1v) is 6.49. The van der Waals surface area contributed by atoms with E-state index in [1.165, 1.54) is 0 Å². The zero-order valence-electron chi connectivity index (χ0n) is 11.3. The molecular weight excluding hydrogens is 246 g/mol. The van der Waals surface area contributed by atoms with Crippen LogP contribution in [-0.4, -0.2) is 49.7 Å². The molecule has 3 atom stereocenters. The molecule has 6 nitrogen and oxygen atoms in total. The summed E-state index contributed by atoms with van der Waals surface area (Å²) in [4.78, 5) is 14.0. The topological polar surface area (TPSA) is 80.7 Å². The summed E-state index contributed by atoms with van der Waals surface area (Å²) in [5, 5.41) is 2.67. The van der Waals surface area contributed by atoms with Crippen molar-refractivity contribution in [1.82, 2.24) is 10.2 Å². The van der Waals surface area contributed by atoms with Gasteiger partial charge in [-0.2, -0.15) is 0 Å². The number of morpholine rings is 1. The van der Waals surface area contributed by atoms with Gasteiger partial charge in [0, 0.05) is 19.6 Å². The van der Waals surface area contributed by atoms with Gasteiger partial charge in [0.15, 0.2) is 0 Å². The fourth-order valence-corrected chi connectivity index (χ4v) is 2.53. The Balaban J connectivity index is 2.25. The van der Waals surface area contributed by atoms with Crippen molar-refractivity contribution < 1.29 is 13.9 Å². The number of ether oxygens (including phenoxy) is 1. The number of nitrogens with two attached hydrogens (primary N) is 1. The third kappa shape index (κ3) is 2.97. The molecule has 19 heavy (non-hydrogen) atoms. The van der Waals surface area contributed by atoms with Gasteiger partial charge in [0.2, 0.25) is 5.91 Å². The minimum absolute atomic E-state index is 0.0584. The van der Waals surface area contributed by atoms with E-state index in [0.29, 0.717) is 19.8 Å². The third-order valence-electron chi connectivity index (χ3n) is 3.41. The van der Waals surface area contributed by atoms with E-state index in [9.17, 15) is 4.79 Å². The van der Waals surface area contributed by atoms with Crippen LogP contribution in [0.2, 0.25) is 0 Å². The molecule has 0 saturated carbocycles. The molecule has 1 amide bonds. The van der Waals surface area contributed by atoms with Gasteiger partial charge in [-0.3, -0.25) is 9.69 Å². The third-order valence-corrected chi connectivity index (χ3v) is 3.41. The molecule has 1 saturated heterocycles. The number of carbonyl (C=O) groups excluding carboxylic acids is 1. The number of hydrogen-bond donors (Lipinski definition) is 2. The van der Waals surface area contributed by atoms with Gasteiger partial charge in [-0.25, -0.2) is 0 Å². The van der Waals surface area contributed by atoms with Gasteiger partial charge in [0.05, 0.1) is 25.5 Å². The predicted molar refractivity (Wildman–Crippen MR) is 70.5 cm³/mol. The number of nitrogens with one attached hydrogen (secondary N) is 1. The fourth-order valence-electron chi connectivity index (χ4n) is 2.53. The maximum absolute atomic E-state index is 12.0. The summed E-state index contributed by atoms with van der Waals surface area (Å²) in [5.74, 6) is 0.725. The van der Waals surface area contributed by atoms with Crippen molar-refractivity contribution in [2.75, 3.05) is 26.8 Å². The maximum atomic E-state index is 12.0. The summed E-state index contributed by atoms with van der Waals surface area (Å²) in [7, 11) is 1.63. The molecule has 1 aliphatic heterocycles. The van der Waals surface area contributed by atoms with E-state index in [4.69, 9.17) is 14.9 Å². The van der Waals surface area contributed by atoms with Gasteiger partial charge in [-0.1, -0.05) is 0 Å². The lowest BCUT2D eigenvalue weighted by Crippen LogP contribution is -2.56.